The normalized spacial score (nSPS) is 10.5. The molecule has 0 spiro atoms. The minimum Gasteiger partial charge on any atom is -0.461 e. The summed E-state index contributed by atoms with van der Waals surface area (Å²) in [5.41, 5.74) is 4.29. The first-order chi connectivity index (χ1) is 9.10. The molecular formula is C14H15BrN2O2. The van der Waals surface area contributed by atoms with E-state index < -0.39 is 0 Å². The van der Waals surface area contributed by atoms with Gasteiger partial charge >= 0.3 is 0 Å². The van der Waals surface area contributed by atoms with Crippen molar-refractivity contribution in [2.45, 2.75) is 19.8 Å². The van der Waals surface area contributed by atoms with Gasteiger partial charge in [0.1, 0.15) is 11.5 Å². The van der Waals surface area contributed by atoms with Crippen molar-refractivity contribution in [2.75, 3.05) is 0 Å². The summed E-state index contributed by atoms with van der Waals surface area (Å²) in [6, 6.07) is 9.84. The molecule has 0 fully saturated rings. The lowest BCUT2D eigenvalue weighted by Gasteiger charge is -2.03. The predicted octanol–water partition coefficient (Wildman–Crippen LogP) is 2.94. The Morgan fingerprint density at radius 3 is 2.84 bits per heavy atom. The van der Waals surface area contributed by atoms with Crippen LogP contribution in [0.5, 0.6) is 0 Å². The molecule has 0 atom stereocenters. The molecule has 0 saturated carbocycles. The van der Waals surface area contributed by atoms with Crippen molar-refractivity contribution in [3.05, 3.63) is 46.1 Å². The summed E-state index contributed by atoms with van der Waals surface area (Å²) in [5.74, 6) is 6.43. The Labute approximate surface area is 120 Å². The number of aryl methyl sites for hydroxylation is 2. The molecule has 2 rings (SSSR count). The fourth-order valence-corrected chi connectivity index (χ4v) is 2.35. The highest BCUT2D eigenvalue weighted by Gasteiger charge is 2.09. The van der Waals surface area contributed by atoms with E-state index in [1.54, 1.807) is 0 Å². The quantitative estimate of drug-likeness (QED) is 0.516. The summed E-state index contributed by atoms with van der Waals surface area (Å²) in [5, 5.41) is 0. The first-order valence-corrected chi connectivity index (χ1v) is 6.74. The molecule has 2 aromatic rings. The minimum atomic E-state index is -0.197. The molecule has 100 valence electrons. The molecule has 4 nitrogen and oxygen atoms in total. The lowest BCUT2D eigenvalue weighted by Crippen LogP contribution is -2.30. The number of rotatable bonds is 4. The average Bonchev–Trinajstić information content (AvgIpc) is 2.84. The molecule has 1 aromatic carbocycles. The smallest absolute Gasteiger partial charge is 0.234 e. The number of hydrogen-bond acceptors (Lipinski definition) is 3. The first kappa shape index (κ1) is 13.8. The van der Waals surface area contributed by atoms with Crippen molar-refractivity contribution in [3.8, 4) is 11.3 Å². The van der Waals surface area contributed by atoms with Crippen molar-refractivity contribution in [2.24, 2.45) is 5.84 Å². The van der Waals surface area contributed by atoms with Crippen LogP contribution < -0.4 is 11.3 Å². The highest BCUT2D eigenvalue weighted by molar-refractivity contribution is 9.10. The molecule has 1 heterocycles. The van der Waals surface area contributed by atoms with Gasteiger partial charge in [-0.1, -0.05) is 15.9 Å². The molecule has 19 heavy (non-hydrogen) atoms. The first-order valence-electron chi connectivity index (χ1n) is 5.95. The van der Waals surface area contributed by atoms with Crippen LogP contribution in [0.2, 0.25) is 0 Å². The molecule has 0 aliphatic carbocycles. The summed E-state index contributed by atoms with van der Waals surface area (Å²) in [7, 11) is 0. The number of hydrogen-bond donors (Lipinski definition) is 2. The molecule has 1 amide bonds. The van der Waals surface area contributed by atoms with Crippen molar-refractivity contribution in [1.82, 2.24) is 5.43 Å². The van der Waals surface area contributed by atoms with Crippen LogP contribution in [0.3, 0.4) is 0 Å². The number of carbonyl (C=O) groups is 1. The van der Waals surface area contributed by atoms with Crippen molar-refractivity contribution < 1.29 is 9.21 Å². The minimum absolute atomic E-state index is 0.197. The third-order valence-electron chi connectivity index (χ3n) is 2.88. The molecule has 0 unspecified atom stereocenters. The zero-order valence-electron chi connectivity index (χ0n) is 10.6. The van der Waals surface area contributed by atoms with Crippen LogP contribution in [0.4, 0.5) is 0 Å². The second-order valence-electron chi connectivity index (χ2n) is 4.29. The van der Waals surface area contributed by atoms with Gasteiger partial charge in [0.15, 0.2) is 0 Å². The van der Waals surface area contributed by atoms with Crippen LogP contribution >= 0.6 is 15.9 Å². The number of nitrogens with one attached hydrogen (secondary N) is 1. The molecule has 0 aliphatic rings. The van der Waals surface area contributed by atoms with Crippen molar-refractivity contribution >= 4 is 21.8 Å². The van der Waals surface area contributed by atoms with Crippen LogP contribution in [-0.2, 0) is 11.2 Å². The molecule has 1 aromatic heterocycles. The highest BCUT2D eigenvalue weighted by atomic mass is 79.9. The van der Waals surface area contributed by atoms with E-state index in [1.165, 1.54) is 0 Å². The summed E-state index contributed by atoms with van der Waals surface area (Å²) in [6.45, 7) is 2.03. The van der Waals surface area contributed by atoms with Crippen LogP contribution in [0, 0.1) is 6.92 Å². The third-order valence-corrected chi connectivity index (χ3v) is 3.37. The lowest BCUT2D eigenvalue weighted by molar-refractivity contribution is -0.121. The number of halogens is 1. The van der Waals surface area contributed by atoms with E-state index in [-0.39, 0.29) is 5.91 Å². The summed E-state index contributed by atoms with van der Waals surface area (Å²) in [4.78, 5) is 11.1. The Bertz CT molecular complexity index is 593. The van der Waals surface area contributed by atoms with Crippen LogP contribution in [0.25, 0.3) is 11.3 Å². The largest absolute Gasteiger partial charge is 0.461 e. The summed E-state index contributed by atoms with van der Waals surface area (Å²) >= 11 is 3.44. The maximum Gasteiger partial charge on any atom is 0.234 e. The molecule has 0 saturated heterocycles. The van der Waals surface area contributed by atoms with E-state index in [9.17, 15) is 4.79 Å². The average molecular weight is 323 g/mol. The van der Waals surface area contributed by atoms with E-state index in [0.29, 0.717) is 12.8 Å². The summed E-state index contributed by atoms with van der Waals surface area (Å²) in [6.07, 6.45) is 0.862. The topological polar surface area (TPSA) is 68.3 Å². The Balaban J connectivity index is 2.14. The number of nitrogens with two attached hydrogens (primary N) is 1. The zero-order chi connectivity index (χ0) is 13.8. The van der Waals surface area contributed by atoms with Crippen LogP contribution in [-0.4, -0.2) is 5.91 Å². The Hall–Kier alpha value is -1.59. The Morgan fingerprint density at radius 1 is 1.37 bits per heavy atom. The molecule has 0 bridgehead atoms. The fraction of sp³-hybridized carbons (Fsp3) is 0.214. The van der Waals surface area contributed by atoms with E-state index >= 15 is 0 Å². The number of benzene rings is 1. The Morgan fingerprint density at radius 2 is 2.16 bits per heavy atom. The molecule has 0 aliphatic heterocycles. The van der Waals surface area contributed by atoms with Gasteiger partial charge in [-0.25, -0.2) is 5.84 Å². The van der Waals surface area contributed by atoms with Gasteiger partial charge in [0, 0.05) is 22.9 Å². The Kier molecular flexibility index (Phi) is 4.39. The van der Waals surface area contributed by atoms with Crippen molar-refractivity contribution in [1.29, 1.82) is 0 Å². The predicted molar refractivity (Wildman–Crippen MR) is 77.2 cm³/mol. The fourth-order valence-electron chi connectivity index (χ4n) is 1.87. The second-order valence-corrected chi connectivity index (χ2v) is 5.21. The zero-order valence-corrected chi connectivity index (χ0v) is 12.2. The number of carbonyl (C=O) groups excluding carboxylic acids is 1. The van der Waals surface area contributed by atoms with Gasteiger partial charge in [0.2, 0.25) is 5.91 Å². The van der Waals surface area contributed by atoms with Gasteiger partial charge in [-0.3, -0.25) is 10.2 Å². The van der Waals surface area contributed by atoms with Crippen LogP contribution in [0.1, 0.15) is 17.7 Å². The van der Waals surface area contributed by atoms with Gasteiger partial charge in [-0.15, -0.1) is 0 Å². The molecular weight excluding hydrogens is 308 g/mol. The molecule has 3 N–H and O–H groups in total. The van der Waals surface area contributed by atoms with Gasteiger partial charge < -0.3 is 4.42 Å². The maximum absolute atomic E-state index is 11.1. The third kappa shape index (κ3) is 3.45. The standard InChI is InChI=1S/C14H15BrN2O2/c1-9-8-10(15)2-5-12(9)13-6-3-11(19-13)4-7-14(18)17-16/h2-3,5-6,8H,4,7,16H2,1H3,(H,17,18). The van der Waals surface area contributed by atoms with E-state index in [2.05, 4.69) is 21.4 Å². The molecule has 5 heteroatoms. The number of amides is 1. The maximum atomic E-state index is 11.1. The van der Waals surface area contributed by atoms with Gasteiger partial charge in [-0.2, -0.15) is 0 Å². The number of hydrazine groups is 1. The van der Waals surface area contributed by atoms with Crippen LogP contribution in [0.15, 0.2) is 39.2 Å². The van der Waals surface area contributed by atoms with Gasteiger partial charge in [0.25, 0.3) is 0 Å². The van der Waals surface area contributed by atoms with Gasteiger partial charge in [-0.05, 0) is 42.8 Å². The monoisotopic (exact) mass is 322 g/mol. The van der Waals surface area contributed by atoms with E-state index in [4.69, 9.17) is 10.3 Å². The van der Waals surface area contributed by atoms with E-state index in [1.807, 2.05) is 37.3 Å². The van der Waals surface area contributed by atoms with Crippen molar-refractivity contribution in [3.63, 3.8) is 0 Å². The molecule has 0 radical (unpaired) electrons. The second kappa shape index (κ2) is 6.04. The van der Waals surface area contributed by atoms with E-state index in [0.717, 1.165) is 27.1 Å². The summed E-state index contributed by atoms with van der Waals surface area (Å²) < 4.78 is 6.79. The van der Waals surface area contributed by atoms with Gasteiger partial charge in [0.05, 0.1) is 0 Å². The number of furan rings is 1. The lowest BCUT2D eigenvalue weighted by atomic mass is 10.1. The SMILES string of the molecule is Cc1cc(Br)ccc1-c1ccc(CCC(=O)NN)o1. The highest BCUT2D eigenvalue weighted by Crippen LogP contribution is 2.28.